The van der Waals surface area contributed by atoms with Gasteiger partial charge in [0.15, 0.2) is 0 Å². The van der Waals surface area contributed by atoms with Crippen LogP contribution >= 0.6 is 23.4 Å². The van der Waals surface area contributed by atoms with Gasteiger partial charge in [0.1, 0.15) is 6.10 Å². The highest BCUT2D eigenvalue weighted by Crippen LogP contribution is 2.32. The third-order valence-corrected chi connectivity index (χ3v) is 3.21. The van der Waals surface area contributed by atoms with Gasteiger partial charge in [-0.25, -0.2) is 0 Å². The first-order valence-corrected chi connectivity index (χ1v) is 6.16. The highest BCUT2D eigenvalue weighted by Gasteiger charge is 2.25. The lowest BCUT2D eigenvalue weighted by atomic mass is 10.1. The van der Waals surface area contributed by atoms with Gasteiger partial charge in [0.05, 0.1) is 0 Å². The first kappa shape index (κ1) is 13.6. The van der Waals surface area contributed by atoms with Gasteiger partial charge < -0.3 is 5.11 Å². The maximum atomic E-state index is 11.8. The van der Waals surface area contributed by atoms with Gasteiger partial charge in [0, 0.05) is 15.3 Å². The number of carbonyl (C=O) groups is 1. The Morgan fingerprint density at radius 2 is 1.94 bits per heavy atom. The Morgan fingerprint density at radius 1 is 1.38 bits per heavy atom. The van der Waals surface area contributed by atoms with Crippen molar-refractivity contribution in [3.05, 3.63) is 34.9 Å². The smallest absolute Gasteiger partial charge is 0.222 e. The number of rotatable bonds is 2. The van der Waals surface area contributed by atoms with E-state index in [1.54, 1.807) is 24.3 Å². The average molecular weight is 259 g/mol. The molecule has 0 saturated carbocycles. The zero-order valence-corrected chi connectivity index (χ0v) is 11.1. The predicted octanol–water partition coefficient (Wildman–Crippen LogP) is 3.43. The lowest BCUT2D eigenvalue weighted by Crippen LogP contribution is -2.17. The number of benzene rings is 1. The maximum Gasteiger partial charge on any atom is 0.222 e. The third-order valence-electron chi connectivity index (χ3n) is 1.83. The molecule has 2 nitrogen and oxygen atoms in total. The van der Waals surface area contributed by atoms with E-state index in [1.165, 1.54) is 0 Å². The van der Waals surface area contributed by atoms with Crippen molar-refractivity contribution in [1.29, 1.82) is 0 Å². The van der Waals surface area contributed by atoms with Crippen molar-refractivity contribution in [1.82, 2.24) is 0 Å². The van der Waals surface area contributed by atoms with Gasteiger partial charge >= 0.3 is 0 Å². The summed E-state index contributed by atoms with van der Waals surface area (Å²) in [5.74, 6) is 0. The minimum Gasteiger partial charge on any atom is -0.380 e. The zero-order valence-electron chi connectivity index (χ0n) is 9.53. The summed E-state index contributed by atoms with van der Waals surface area (Å²) in [5, 5.41) is 10.0. The van der Waals surface area contributed by atoms with Crippen molar-refractivity contribution in [2.45, 2.75) is 31.6 Å². The molecule has 0 saturated heterocycles. The molecule has 0 radical (unpaired) electrons. The quantitative estimate of drug-likeness (QED) is 0.883. The van der Waals surface area contributed by atoms with Crippen LogP contribution in [0.1, 0.15) is 32.4 Å². The van der Waals surface area contributed by atoms with Crippen LogP contribution in [0, 0.1) is 0 Å². The predicted molar refractivity (Wildman–Crippen MR) is 68.8 cm³/mol. The Bertz CT molecular complexity index is 385. The summed E-state index contributed by atoms with van der Waals surface area (Å²) in [6.07, 6.45) is -1.15. The molecular formula is C12H15ClO2S. The van der Waals surface area contributed by atoms with Crippen LogP contribution in [-0.4, -0.2) is 15.0 Å². The van der Waals surface area contributed by atoms with E-state index in [4.69, 9.17) is 11.6 Å². The second-order valence-electron chi connectivity index (χ2n) is 4.46. The van der Waals surface area contributed by atoms with Crippen molar-refractivity contribution >= 4 is 28.5 Å². The molecule has 0 fully saturated rings. The lowest BCUT2D eigenvalue weighted by molar-refractivity contribution is -0.118. The summed E-state index contributed by atoms with van der Waals surface area (Å²) < 4.78 is -0.209. The van der Waals surface area contributed by atoms with Crippen molar-refractivity contribution in [2.24, 2.45) is 0 Å². The fourth-order valence-electron chi connectivity index (χ4n) is 1.18. The number of thioether (sulfide) groups is 1. The normalized spacial score (nSPS) is 13.6. The number of aliphatic hydroxyl groups excluding tert-OH is 1. The molecule has 16 heavy (non-hydrogen) atoms. The topological polar surface area (TPSA) is 37.3 Å². The molecular weight excluding hydrogens is 244 g/mol. The van der Waals surface area contributed by atoms with Crippen LogP contribution in [0.2, 0.25) is 5.02 Å². The first-order chi connectivity index (χ1) is 7.31. The second kappa shape index (κ2) is 5.21. The van der Waals surface area contributed by atoms with Crippen LogP contribution in [0.4, 0.5) is 0 Å². The SMILES string of the molecule is CC(C)(C)SC(=O)[C@H](O)c1ccccc1Cl. The fourth-order valence-corrected chi connectivity index (χ4v) is 2.26. The van der Waals surface area contributed by atoms with E-state index in [0.29, 0.717) is 10.6 Å². The molecule has 0 heterocycles. The van der Waals surface area contributed by atoms with Crippen molar-refractivity contribution < 1.29 is 9.90 Å². The summed E-state index contributed by atoms with van der Waals surface area (Å²) in [5.41, 5.74) is 0.464. The van der Waals surface area contributed by atoms with Crippen LogP contribution < -0.4 is 0 Å². The van der Waals surface area contributed by atoms with Gasteiger partial charge in [-0.3, -0.25) is 4.79 Å². The van der Waals surface area contributed by atoms with Gasteiger partial charge in [-0.05, 0) is 6.07 Å². The number of hydrogen-bond donors (Lipinski definition) is 1. The van der Waals surface area contributed by atoms with Gasteiger partial charge in [-0.2, -0.15) is 0 Å². The molecule has 1 atom stereocenters. The minimum atomic E-state index is -1.15. The van der Waals surface area contributed by atoms with Gasteiger partial charge in [0.25, 0.3) is 0 Å². The summed E-state index contributed by atoms with van der Waals surface area (Å²) in [6, 6.07) is 6.84. The first-order valence-electron chi connectivity index (χ1n) is 4.96. The Balaban J connectivity index is 2.83. The molecule has 0 aromatic heterocycles. The van der Waals surface area contributed by atoms with Crippen LogP contribution in [0.5, 0.6) is 0 Å². The van der Waals surface area contributed by atoms with Crippen LogP contribution in [-0.2, 0) is 4.79 Å². The minimum absolute atomic E-state index is 0.209. The zero-order chi connectivity index (χ0) is 12.3. The largest absolute Gasteiger partial charge is 0.380 e. The molecule has 1 aromatic carbocycles. The molecule has 0 amide bonds. The summed E-state index contributed by atoms with van der Waals surface area (Å²) >= 11 is 7.03. The second-order valence-corrected chi connectivity index (χ2v) is 6.70. The number of carbonyl (C=O) groups excluding carboxylic acids is 1. The van der Waals surface area contributed by atoms with Crippen molar-refractivity contribution in [3.8, 4) is 0 Å². The third kappa shape index (κ3) is 3.81. The van der Waals surface area contributed by atoms with Crippen LogP contribution in [0.3, 0.4) is 0 Å². The molecule has 1 rings (SSSR count). The molecule has 4 heteroatoms. The Hall–Kier alpha value is -0.510. The van der Waals surface area contributed by atoms with Crippen molar-refractivity contribution in [2.75, 3.05) is 0 Å². The summed E-state index contributed by atoms with van der Waals surface area (Å²) in [4.78, 5) is 11.8. The Kier molecular flexibility index (Phi) is 4.42. The molecule has 1 aromatic rings. The molecule has 0 spiro atoms. The summed E-state index contributed by atoms with van der Waals surface area (Å²) in [7, 11) is 0. The average Bonchev–Trinajstić information content (AvgIpc) is 2.15. The van der Waals surface area contributed by atoms with E-state index in [9.17, 15) is 9.90 Å². The van der Waals surface area contributed by atoms with Crippen LogP contribution in [0.15, 0.2) is 24.3 Å². The van der Waals surface area contributed by atoms with Crippen molar-refractivity contribution in [3.63, 3.8) is 0 Å². The summed E-state index contributed by atoms with van der Waals surface area (Å²) in [6.45, 7) is 5.78. The maximum absolute atomic E-state index is 11.8. The van der Waals surface area contributed by atoms with E-state index in [2.05, 4.69) is 0 Å². The number of hydrogen-bond acceptors (Lipinski definition) is 3. The molecule has 0 bridgehead atoms. The van der Waals surface area contributed by atoms with Gasteiger partial charge in [-0.1, -0.05) is 62.3 Å². The molecule has 0 aliphatic heterocycles. The molecule has 0 unspecified atom stereocenters. The molecule has 0 aliphatic carbocycles. The standard InChI is InChI=1S/C12H15ClO2S/c1-12(2,3)16-11(15)10(14)8-6-4-5-7-9(8)13/h4-7,10,14H,1-3H3/t10-/m1/s1. The van der Waals surface area contributed by atoms with Gasteiger partial charge in [-0.15, -0.1) is 0 Å². The number of halogens is 1. The monoisotopic (exact) mass is 258 g/mol. The molecule has 88 valence electrons. The molecule has 0 aliphatic rings. The highest BCUT2D eigenvalue weighted by atomic mass is 35.5. The number of aliphatic hydroxyl groups is 1. The Morgan fingerprint density at radius 3 is 2.44 bits per heavy atom. The van der Waals surface area contributed by atoms with E-state index < -0.39 is 6.10 Å². The van der Waals surface area contributed by atoms with E-state index in [0.717, 1.165) is 11.8 Å². The Labute approximate surface area is 105 Å². The van der Waals surface area contributed by atoms with Gasteiger partial charge in [0.2, 0.25) is 5.12 Å². The van der Waals surface area contributed by atoms with Crippen LogP contribution in [0.25, 0.3) is 0 Å². The highest BCUT2D eigenvalue weighted by molar-refractivity contribution is 8.14. The van der Waals surface area contributed by atoms with E-state index >= 15 is 0 Å². The molecule has 1 N–H and O–H groups in total. The fraction of sp³-hybridized carbons (Fsp3) is 0.417. The van der Waals surface area contributed by atoms with E-state index in [-0.39, 0.29) is 9.86 Å². The lowest BCUT2D eigenvalue weighted by Gasteiger charge is -2.19. The van der Waals surface area contributed by atoms with E-state index in [1.807, 2.05) is 20.8 Å².